The van der Waals surface area contributed by atoms with Crippen LogP contribution in [0.15, 0.2) is 126 Å². The fourth-order valence-electron chi connectivity index (χ4n) is 8.67. The van der Waals surface area contributed by atoms with Gasteiger partial charge in [-0.3, -0.25) is 9.69 Å². The van der Waals surface area contributed by atoms with E-state index in [9.17, 15) is 9.35 Å². The molecule has 298 valence electrons. The number of nitrogens with one attached hydrogen (secondary N) is 1. The first kappa shape index (κ1) is 41.5. The van der Waals surface area contributed by atoms with Crippen molar-refractivity contribution in [2.24, 2.45) is 0 Å². The number of hydrogen-bond donors (Lipinski definition) is 1. The number of benzene rings is 4. The average Bonchev–Trinajstić information content (AvgIpc) is 3.82. The number of rotatable bonds is 15. The largest absolute Gasteiger partial charge is 0.598 e. The zero-order valence-electron chi connectivity index (χ0n) is 33.6. The second-order valence-electron chi connectivity index (χ2n) is 16.4. The van der Waals surface area contributed by atoms with Crippen LogP contribution in [-0.4, -0.2) is 64.5 Å². The van der Waals surface area contributed by atoms with Crippen molar-refractivity contribution in [2.45, 2.75) is 83.6 Å². The highest BCUT2D eigenvalue weighted by molar-refractivity contribution is 9.10. The van der Waals surface area contributed by atoms with Gasteiger partial charge in [0.15, 0.2) is 0 Å². The first-order chi connectivity index (χ1) is 27.6. The maximum absolute atomic E-state index is 14.3. The number of aromatic nitrogens is 1. The molecular weight excluding hydrogens is 809 g/mol. The highest BCUT2D eigenvalue weighted by Crippen LogP contribution is 2.45. The van der Waals surface area contributed by atoms with Crippen molar-refractivity contribution in [2.75, 3.05) is 25.4 Å². The van der Waals surface area contributed by atoms with E-state index in [0.29, 0.717) is 31.0 Å². The van der Waals surface area contributed by atoms with Gasteiger partial charge in [-0.25, -0.2) is 4.98 Å². The molecule has 3 heterocycles. The Kier molecular flexibility index (Phi) is 13.5. The third-order valence-corrected chi connectivity index (χ3v) is 18.5. The molecule has 5 aromatic rings. The van der Waals surface area contributed by atoms with Gasteiger partial charge in [0.1, 0.15) is 11.4 Å². The number of halogens is 1. The Hall–Kier alpha value is -3.61. The van der Waals surface area contributed by atoms with Crippen molar-refractivity contribution >= 4 is 51.9 Å². The van der Waals surface area contributed by atoms with Crippen LogP contribution < -0.4 is 15.7 Å². The quantitative estimate of drug-likeness (QED) is 0.0838. The molecule has 1 aromatic heterocycles. The molecule has 0 bridgehead atoms. The molecule has 0 saturated carbocycles. The molecule has 0 spiro atoms. The summed E-state index contributed by atoms with van der Waals surface area (Å²) in [5.74, 6) is 0.419. The van der Waals surface area contributed by atoms with Crippen LogP contribution in [0.4, 0.5) is 0 Å². The Morgan fingerprint density at radius 3 is 2.25 bits per heavy atom. The fraction of sp³-hybridized carbons (Fsp3) is 0.362. The van der Waals surface area contributed by atoms with Gasteiger partial charge in [0.2, 0.25) is 0 Å². The van der Waals surface area contributed by atoms with Crippen molar-refractivity contribution in [1.82, 2.24) is 19.5 Å². The van der Waals surface area contributed by atoms with Crippen LogP contribution in [0, 0.1) is 0 Å². The molecule has 1 N–H and O–H groups in total. The number of carbonyl (C=O) groups excluding carboxylic acids is 1. The molecule has 10 heteroatoms. The van der Waals surface area contributed by atoms with Gasteiger partial charge in [-0.1, -0.05) is 153 Å². The number of unbranched alkanes of at least 4 members (excludes halogenated alkanes) is 1. The topological polar surface area (TPSA) is 80.8 Å². The predicted octanol–water partition coefficient (Wildman–Crippen LogP) is 8.80. The molecule has 3 atom stereocenters. The number of likely N-dealkylation sites (tertiary alicyclic amines) is 1. The smallest absolute Gasteiger partial charge is 0.270 e. The van der Waals surface area contributed by atoms with E-state index in [0.717, 1.165) is 65.8 Å². The second-order valence-corrected chi connectivity index (χ2v) is 23.1. The summed E-state index contributed by atoms with van der Waals surface area (Å²) in [7, 11) is -2.81. The van der Waals surface area contributed by atoms with Gasteiger partial charge < -0.3 is 14.3 Å². The maximum Gasteiger partial charge on any atom is 0.270 e. The number of fused-ring (bicyclic) bond motifs is 1. The predicted molar refractivity (Wildman–Crippen MR) is 239 cm³/mol. The SMILES string of the molecule is CCCC[S+]([O-])N1Cc2cc(C(=O)N[C@@H]3CCN(Cc4ccccc4)C3)nc(-c3cccc(Br)c3)c2[C@H]1CCO[Si](c1ccccc1)(c1ccccc1)C(C)(C)C. The van der Waals surface area contributed by atoms with E-state index in [2.05, 4.69) is 155 Å². The third kappa shape index (κ3) is 9.33. The summed E-state index contributed by atoms with van der Waals surface area (Å²) >= 11 is 2.46. The highest BCUT2D eigenvalue weighted by atomic mass is 79.9. The molecule has 7 rings (SSSR count). The van der Waals surface area contributed by atoms with Crippen molar-refractivity contribution in [1.29, 1.82) is 0 Å². The van der Waals surface area contributed by atoms with Crippen LogP contribution in [0.25, 0.3) is 11.3 Å². The number of nitrogens with zero attached hydrogens (tertiary/aromatic N) is 3. The summed E-state index contributed by atoms with van der Waals surface area (Å²) in [4.78, 5) is 21.7. The minimum absolute atomic E-state index is 0.0370. The van der Waals surface area contributed by atoms with Crippen LogP contribution >= 0.6 is 15.9 Å². The number of amides is 1. The zero-order valence-corrected chi connectivity index (χ0v) is 37.0. The van der Waals surface area contributed by atoms with E-state index >= 15 is 0 Å². The lowest BCUT2D eigenvalue weighted by molar-refractivity contribution is 0.0932. The molecule has 57 heavy (non-hydrogen) atoms. The lowest BCUT2D eigenvalue weighted by Crippen LogP contribution is -2.66. The summed E-state index contributed by atoms with van der Waals surface area (Å²) in [5, 5.41) is 5.62. The molecule has 4 aromatic carbocycles. The first-order valence-electron chi connectivity index (χ1n) is 20.3. The maximum atomic E-state index is 14.3. The summed E-state index contributed by atoms with van der Waals surface area (Å²) in [6.45, 7) is 12.6. The lowest BCUT2D eigenvalue weighted by atomic mass is 9.96. The number of carbonyl (C=O) groups is 1. The van der Waals surface area contributed by atoms with Gasteiger partial charge in [-0.15, -0.1) is 4.31 Å². The standard InChI is InChI=1S/C47H55BrN4O3SSi/c1-5-6-29-56(54)52-33-37-31-42(46(53)49-39-25-27-51(34-39)32-35-17-10-7-11-18-35)50-45(36-19-16-20-38(48)30-36)44(37)43(52)26-28-55-57(47(2,3)4,40-21-12-8-13-22-40)41-23-14-9-15-24-41/h7-24,30-31,39,43H,5-6,25-29,32-34H2,1-4H3,(H,49,53)/t39-,43-,56?/m1/s1. The summed E-state index contributed by atoms with van der Waals surface area (Å²) in [6, 6.07) is 41.8. The van der Waals surface area contributed by atoms with E-state index in [-0.39, 0.29) is 23.0 Å². The van der Waals surface area contributed by atoms with Crippen molar-refractivity contribution in [3.63, 3.8) is 0 Å². The summed E-state index contributed by atoms with van der Waals surface area (Å²) in [6.07, 6.45) is 3.35. The van der Waals surface area contributed by atoms with Crippen molar-refractivity contribution in [3.05, 3.63) is 148 Å². The van der Waals surface area contributed by atoms with E-state index in [4.69, 9.17) is 9.41 Å². The monoisotopic (exact) mass is 862 g/mol. The van der Waals surface area contributed by atoms with Gasteiger partial charge >= 0.3 is 0 Å². The van der Waals surface area contributed by atoms with E-state index < -0.39 is 19.7 Å². The Labute approximate surface area is 351 Å². The minimum atomic E-state index is -2.81. The van der Waals surface area contributed by atoms with Crippen LogP contribution in [0.1, 0.15) is 86.6 Å². The van der Waals surface area contributed by atoms with Crippen LogP contribution in [0.5, 0.6) is 0 Å². The van der Waals surface area contributed by atoms with Crippen LogP contribution in [0.3, 0.4) is 0 Å². The van der Waals surface area contributed by atoms with Gasteiger partial charge in [0, 0.05) is 59.2 Å². The second kappa shape index (κ2) is 18.5. The van der Waals surface area contributed by atoms with Crippen molar-refractivity contribution in [3.8, 4) is 11.3 Å². The molecule has 2 aliphatic heterocycles. The Morgan fingerprint density at radius 2 is 1.61 bits per heavy atom. The summed E-state index contributed by atoms with van der Waals surface area (Å²) < 4.78 is 24.7. The zero-order chi connectivity index (χ0) is 40.0. The summed E-state index contributed by atoms with van der Waals surface area (Å²) in [5.41, 5.74) is 5.40. The molecular formula is C47H55BrN4O3SSi. The molecule has 7 nitrogen and oxygen atoms in total. The molecule has 0 radical (unpaired) electrons. The van der Waals surface area contributed by atoms with Crippen LogP contribution in [-0.2, 0) is 28.9 Å². The Morgan fingerprint density at radius 1 is 0.947 bits per heavy atom. The third-order valence-electron chi connectivity index (χ3n) is 11.4. The molecule has 1 fully saturated rings. The van der Waals surface area contributed by atoms with Crippen LogP contribution in [0.2, 0.25) is 5.04 Å². The van der Waals surface area contributed by atoms with E-state index in [1.807, 2.05) is 24.3 Å². The molecule has 1 saturated heterocycles. The average molecular weight is 864 g/mol. The Balaban J connectivity index is 1.22. The lowest BCUT2D eigenvalue weighted by Gasteiger charge is -2.43. The van der Waals surface area contributed by atoms with E-state index in [1.165, 1.54) is 15.9 Å². The van der Waals surface area contributed by atoms with Gasteiger partial charge in [0.25, 0.3) is 14.2 Å². The van der Waals surface area contributed by atoms with Gasteiger partial charge in [-0.2, -0.15) is 0 Å². The van der Waals surface area contributed by atoms with Crippen molar-refractivity contribution < 1.29 is 13.8 Å². The fourth-order valence-corrected chi connectivity index (χ4v) is 15.2. The molecule has 2 aliphatic rings. The molecule has 0 aliphatic carbocycles. The van der Waals surface area contributed by atoms with Gasteiger partial charge in [0.05, 0.1) is 18.3 Å². The van der Waals surface area contributed by atoms with E-state index in [1.54, 1.807) is 0 Å². The molecule has 1 unspecified atom stereocenters. The number of pyridine rings is 1. The van der Waals surface area contributed by atoms with Gasteiger partial charge in [-0.05, 0) is 64.0 Å². The number of hydrogen-bond acceptors (Lipinski definition) is 6. The normalized spacial score (nSPS) is 18.1. The molecule has 1 amide bonds. The highest BCUT2D eigenvalue weighted by Gasteiger charge is 2.50. The minimum Gasteiger partial charge on any atom is -0.598 e. The first-order valence-corrected chi connectivity index (χ1v) is 24.3. The Bertz CT molecular complexity index is 2060.